The number of piperazine rings is 1. The van der Waals surface area contributed by atoms with Gasteiger partial charge in [-0.3, -0.25) is 24.0 Å². The Balaban J connectivity index is 0.998. The molecule has 3 atom stereocenters. The molecule has 2 N–H and O–H groups in total. The molecule has 2 saturated carbocycles. The molecule has 2 aliphatic carbocycles. The van der Waals surface area contributed by atoms with Gasteiger partial charge < -0.3 is 34.6 Å². The molecule has 1 unspecified atom stereocenters. The van der Waals surface area contributed by atoms with Crippen LogP contribution < -0.4 is 15.4 Å². The molecule has 5 heterocycles. The summed E-state index contributed by atoms with van der Waals surface area (Å²) in [5.41, 5.74) is 0.0112. The van der Waals surface area contributed by atoms with Gasteiger partial charge >= 0.3 is 12.3 Å². The number of nitrogens with zero attached hydrogens (tertiary/aromatic N) is 5. The summed E-state index contributed by atoms with van der Waals surface area (Å²) in [6, 6.07) is 9.37. The Kier molecular flexibility index (Phi) is 12.8. The highest BCUT2D eigenvalue weighted by Gasteiger charge is 2.54. The largest absolute Gasteiger partial charge is 0.487 e. The fourth-order valence-electron chi connectivity index (χ4n) is 10.5. The van der Waals surface area contributed by atoms with Crippen LogP contribution in [0.3, 0.4) is 0 Å². The normalized spacial score (nSPS) is 23.2. The van der Waals surface area contributed by atoms with Crippen LogP contribution in [0, 0.1) is 29.5 Å². The SMILES string of the molecule is CCn1nccc1C(=O)N[C@H](C(=O)Nc1cc2c(cc1F)C(N1C[C@@H](C(F)(F)F)N(CC3CCOCC3)CC1=O)CC1(CCN(C(=O)OCc3ccccc3)CC1)O2)C(C1CC1)C1CC1. The Morgan fingerprint density at radius 3 is 2.35 bits per heavy atom. The van der Waals surface area contributed by atoms with Gasteiger partial charge in [0.15, 0.2) is 0 Å². The Morgan fingerprint density at radius 1 is 0.985 bits per heavy atom. The predicted octanol–water partition coefficient (Wildman–Crippen LogP) is 6.71. The van der Waals surface area contributed by atoms with Crippen molar-refractivity contribution >= 4 is 29.5 Å². The molecular weight excluding hydrogens is 851 g/mol. The lowest BCUT2D eigenvalue weighted by Gasteiger charge is -2.51. The maximum absolute atomic E-state index is 16.6. The standard InChI is InChI=1S/C47H57F4N7O7/c1-2-58-36(12-17-52-58)43(60)54-42(41(31-8-9-31)32-10-11-32)44(61)53-35-23-38-33(22-34(35)48)37(57-26-39(47(49,50)51)56(27-40(57)59)25-29-13-20-63-21-14-29)24-46(65-38)15-18-55(19-16-46)45(62)64-28-30-6-4-3-5-7-30/h3-7,12,17,22-23,29,31-32,37,39,41-42H,2,8-11,13-16,18-21,24-28H2,1H3,(H,53,61)(H,54,60)/t37?,39-,42-/m0/s1. The number of piperidine rings is 1. The van der Waals surface area contributed by atoms with Crippen molar-refractivity contribution in [2.45, 2.75) is 108 Å². The Labute approximate surface area is 375 Å². The van der Waals surface area contributed by atoms with E-state index in [0.717, 1.165) is 37.3 Å². The van der Waals surface area contributed by atoms with Crippen LogP contribution in [0.1, 0.15) is 92.4 Å². The summed E-state index contributed by atoms with van der Waals surface area (Å²) in [5.74, 6) is -2.09. The van der Waals surface area contributed by atoms with Crippen LogP contribution in [0.25, 0.3) is 0 Å². The average Bonchev–Trinajstić information content (AvgIpc) is 4.25. The topological polar surface area (TPSA) is 148 Å². The minimum Gasteiger partial charge on any atom is -0.487 e. The number of amides is 4. The number of hydrogen-bond acceptors (Lipinski definition) is 9. The highest BCUT2D eigenvalue weighted by atomic mass is 19.4. The summed E-state index contributed by atoms with van der Waals surface area (Å²) in [6.45, 7) is 2.64. The lowest BCUT2D eigenvalue weighted by Crippen LogP contribution is -2.63. The fourth-order valence-corrected chi connectivity index (χ4v) is 10.5. The van der Waals surface area contributed by atoms with Crippen molar-refractivity contribution in [2.24, 2.45) is 23.7 Å². The van der Waals surface area contributed by atoms with E-state index in [1.54, 1.807) is 11.0 Å². The maximum atomic E-state index is 16.6. The predicted molar refractivity (Wildman–Crippen MR) is 228 cm³/mol. The van der Waals surface area contributed by atoms with Crippen LogP contribution in [0.4, 0.5) is 28.0 Å². The molecule has 9 rings (SSSR count). The molecule has 3 saturated heterocycles. The summed E-state index contributed by atoms with van der Waals surface area (Å²) >= 11 is 0. The summed E-state index contributed by atoms with van der Waals surface area (Å²) in [4.78, 5) is 59.5. The number of anilines is 1. The number of carbonyl (C=O) groups is 4. The Hall–Kier alpha value is -5.23. The van der Waals surface area contributed by atoms with E-state index in [4.69, 9.17) is 14.2 Å². The third-order valence-corrected chi connectivity index (χ3v) is 14.3. The molecule has 0 radical (unpaired) electrons. The minimum absolute atomic E-state index is 0.0519. The quantitative estimate of drug-likeness (QED) is 0.179. The third kappa shape index (κ3) is 9.98. The summed E-state index contributed by atoms with van der Waals surface area (Å²) in [6.07, 6.45) is 1.73. The second kappa shape index (κ2) is 18.6. The van der Waals surface area contributed by atoms with Crippen LogP contribution in [-0.2, 0) is 32.2 Å². The molecule has 18 heteroatoms. The lowest BCUT2D eigenvalue weighted by atomic mass is 9.79. The first kappa shape index (κ1) is 44.9. The molecule has 4 aliphatic heterocycles. The van der Waals surface area contributed by atoms with Crippen LogP contribution >= 0.6 is 0 Å². The van der Waals surface area contributed by atoms with E-state index in [1.165, 1.54) is 26.7 Å². The summed E-state index contributed by atoms with van der Waals surface area (Å²) in [7, 11) is 0. The second-order valence-electron chi connectivity index (χ2n) is 18.7. The van der Waals surface area contributed by atoms with Gasteiger partial charge in [0.1, 0.15) is 41.6 Å². The first-order chi connectivity index (χ1) is 31.3. The molecule has 4 amide bonds. The zero-order chi connectivity index (χ0) is 45.5. The van der Waals surface area contributed by atoms with Gasteiger partial charge in [0.2, 0.25) is 11.8 Å². The Morgan fingerprint density at radius 2 is 1.69 bits per heavy atom. The number of carbonyl (C=O) groups excluding carboxylic acids is 4. The van der Waals surface area contributed by atoms with E-state index >= 15 is 17.6 Å². The molecule has 14 nitrogen and oxygen atoms in total. The van der Waals surface area contributed by atoms with Crippen LogP contribution in [0.5, 0.6) is 5.75 Å². The van der Waals surface area contributed by atoms with E-state index in [1.807, 2.05) is 37.3 Å². The zero-order valence-corrected chi connectivity index (χ0v) is 36.6. The van der Waals surface area contributed by atoms with Gasteiger partial charge in [0.05, 0.1) is 18.3 Å². The van der Waals surface area contributed by atoms with Crippen molar-refractivity contribution in [1.29, 1.82) is 0 Å². The molecule has 5 fully saturated rings. The molecule has 3 aromatic rings. The molecule has 6 aliphatic rings. The van der Waals surface area contributed by atoms with Gasteiger partial charge in [-0.2, -0.15) is 18.3 Å². The summed E-state index contributed by atoms with van der Waals surface area (Å²) in [5, 5.41) is 9.92. The highest BCUT2D eigenvalue weighted by molar-refractivity contribution is 6.01. The summed E-state index contributed by atoms with van der Waals surface area (Å²) < 4.78 is 80.9. The van der Waals surface area contributed by atoms with Gasteiger partial charge in [-0.05, 0) is 86.8 Å². The monoisotopic (exact) mass is 907 g/mol. The van der Waals surface area contributed by atoms with Gasteiger partial charge in [-0.15, -0.1) is 0 Å². The van der Waals surface area contributed by atoms with Gasteiger partial charge in [0, 0.05) is 83.0 Å². The van der Waals surface area contributed by atoms with Crippen molar-refractivity contribution in [3.63, 3.8) is 0 Å². The number of nitrogens with one attached hydrogen (secondary N) is 2. The van der Waals surface area contributed by atoms with Crippen LogP contribution in [0.2, 0.25) is 0 Å². The third-order valence-electron chi connectivity index (χ3n) is 14.3. The number of halogens is 4. The van der Waals surface area contributed by atoms with Gasteiger partial charge in [0.25, 0.3) is 5.91 Å². The van der Waals surface area contributed by atoms with E-state index in [-0.39, 0.29) is 86.2 Å². The number of likely N-dealkylation sites (tertiary alicyclic amines) is 1. The molecule has 1 aromatic heterocycles. The number of rotatable bonds is 13. The molecule has 65 heavy (non-hydrogen) atoms. The highest BCUT2D eigenvalue weighted by Crippen LogP contribution is 2.52. The van der Waals surface area contributed by atoms with Gasteiger partial charge in [-0.1, -0.05) is 30.3 Å². The van der Waals surface area contributed by atoms with E-state index in [2.05, 4.69) is 15.7 Å². The van der Waals surface area contributed by atoms with Crippen LogP contribution in [-0.4, -0.2) is 118 Å². The smallest absolute Gasteiger partial charge is 0.410 e. The number of hydrogen-bond donors (Lipinski definition) is 2. The van der Waals surface area contributed by atoms with Crippen molar-refractivity contribution in [3.05, 3.63) is 77.4 Å². The molecule has 0 bridgehead atoms. The molecular formula is C47H57F4N7O7. The fraction of sp³-hybridized carbons (Fsp3) is 0.596. The number of ether oxygens (including phenoxy) is 3. The van der Waals surface area contributed by atoms with Gasteiger partial charge in [-0.25, -0.2) is 9.18 Å². The van der Waals surface area contributed by atoms with Crippen molar-refractivity contribution in [1.82, 2.24) is 29.8 Å². The first-order valence-corrected chi connectivity index (χ1v) is 23.1. The number of aryl methyl sites for hydroxylation is 1. The molecule has 350 valence electrons. The average molecular weight is 908 g/mol. The minimum atomic E-state index is -4.67. The Bertz CT molecular complexity index is 2210. The van der Waals surface area contributed by atoms with Crippen molar-refractivity contribution in [3.8, 4) is 5.75 Å². The number of fused-ring (bicyclic) bond motifs is 1. The number of aromatic nitrogens is 2. The number of alkyl halides is 3. The lowest BCUT2D eigenvalue weighted by molar-refractivity contribution is -0.205. The van der Waals surface area contributed by atoms with E-state index in [9.17, 15) is 19.2 Å². The van der Waals surface area contributed by atoms with Crippen molar-refractivity contribution < 1.29 is 51.0 Å². The molecule has 2 aromatic carbocycles. The van der Waals surface area contributed by atoms with Crippen LogP contribution in [0.15, 0.2) is 54.7 Å². The molecule has 1 spiro atoms. The van der Waals surface area contributed by atoms with Crippen molar-refractivity contribution in [2.75, 3.05) is 51.3 Å². The number of benzene rings is 2. The second-order valence-corrected chi connectivity index (χ2v) is 18.7. The zero-order valence-electron chi connectivity index (χ0n) is 36.6. The maximum Gasteiger partial charge on any atom is 0.410 e. The van der Waals surface area contributed by atoms with E-state index < -0.39 is 72.6 Å². The first-order valence-electron chi connectivity index (χ1n) is 23.1. The van der Waals surface area contributed by atoms with E-state index in [0.29, 0.717) is 38.3 Å².